The highest BCUT2D eigenvalue weighted by atomic mass is 79.9. The monoisotopic (exact) mass is 258 g/mol. The van der Waals surface area contributed by atoms with E-state index in [-0.39, 0.29) is 0 Å². The van der Waals surface area contributed by atoms with Crippen LogP contribution < -0.4 is 0 Å². The van der Waals surface area contributed by atoms with Gasteiger partial charge in [-0.05, 0) is 30.2 Å². The van der Waals surface area contributed by atoms with Crippen molar-refractivity contribution in [2.24, 2.45) is 0 Å². The van der Waals surface area contributed by atoms with E-state index in [1.54, 1.807) is 25.3 Å². The van der Waals surface area contributed by atoms with Crippen molar-refractivity contribution in [1.82, 2.24) is 0 Å². The molecule has 0 radical (unpaired) electrons. The Morgan fingerprint density at radius 3 is 2.86 bits per heavy atom. The van der Waals surface area contributed by atoms with Gasteiger partial charge in [-0.15, -0.1) is 0 Å². The molecule has 0 saturated heterocycles. The molecule has 0 fully saturated rings. The number of benzene rings is 1. The van der Waals surface area contributed by atoms with Gasteiger partial charge in [-0.2, -0.15) is 0 Å². The van der Waals surface area contributed by atoms with Gasteiger partial charge in [0, 0.05) is 11.6 Å². The predicted molar refractivity (Wildman–Crippen MR) is 56.7 cm³/mol. The molecule has 3 nitrogen and oxygen atoms in total. The molecule has 14 heavy (non-hydrogen) atoms. The molecular weight excluding hydrogens is 248 g/mol. The lowest BCUT2D eigenvalue weighted by Gasteiger charge is -2.04. The zero-order valence-corrected chi connectivity index (χ0v) is 9.37. The Hall–Kier alpha value is -0.870. The molecule has 1 rings (SSSR count). The molecule has 1 aromatic rings. The van der Waals surface area contributed by atoms with Crippen molar-refractivity contribution < 1.29 is 14.6 Å². The molecule has 0 aromatic heterocycles. The van der Waals surface area contributed by atoms with Gasteiger partial charge in [0.25, 0.3) is 0 Å². The molecule has 0 unspecified atom stereocenters. The lowest BCUT2D eigenvalue weighted by atomic mass is 10.1. The molecule has 0 spiro atoms. The minimum atomic E-state index is -0.906. The summed E-state index contributed by atoms with van der Waals surface area (Å²) in [6, 6.07) is 4.97. The van der Waals surface area contributed by atoms with Crippen LogP contribution in [0.15, 0.2) is 22.7 Å². The maximum atomic E-state index is 10.7. The largest absolute Gasteiger partial charge is 0.478 e. The Morgan fingerprint density at radius 1 is 1.57 bits per heavy atom. The van der Waals surface area contributed by atoms with Crippen molar-refractivity contribution >= 4 is 21.9 Å². The number of ether oxygens (including phenoxy) is 1. The summed E-state index contributed by atoms with van der Waals surface area (Å²) in [7, 11) is 1.62. The van der Waals surface area contributed by atoms with Crippen LogP contribution in [0, 0.1) is 0 Å². The summed E-state index contributed by atoms with van der Waals surface area (Å²) in [5.74, 6) is -0.906. The number of carbonyl (C=O) groups is 1. The molecule has 0 heterocycles. The maximum Gasteiger partial charge on any atom is 0.335 e. The zero-order chi connectivity index (χ0) is 10.6. The van der Waals surface area contributed by atoms with Crippen molar-refractivity contribution in [3.63, 3.8) is 0 Å². The van der Waals surface area contributed by atoms with Crippen LogP contribution in [0.4, 0.5) is 0 Å². The van der Waals surface area contributed by atoms with Crippen molar-refractivity contribution in [3.8, 4) is 0 Å². The summed E-state index contributed by atoms with van der Waals surface area (Å²) in [6.07, 6.45) is 0.707. The highest BCUT2D eigenvalue weighted by Gasteiger charge is 2.06. The first-order valence-corrected chi connectivity index (χ1v) is 4.95. The lowest BCUT2D eigenvalue weighted by Crippen LogP contribution is -2.00. The van der Waals surface area contributed by atoms with E-state index < -0.39 is 5.97 Å². The number of rotatable bonds is 4. The fourth-order valence-electron chi connectivity index (χ4n) is 1.11. The second-order valence-corrected chi connectivity index (χ2v) is 3.71. The van der Waals surface area contributed by atoms with Crippen molar-refractivity contribution in [3.05, 3.63) is 33.8 Å². The fraction of sp³-hybridized carbons (Fsp3) is 0.300. The maximum absolute atomic E-state index is 10.7. The van der Waals surface area contributed by atoms with Crippen LogP contribution in [0.2, 0.25) is 0 Å². The first kappa shape index (κ1) is 11.2. The van der Waals surface area contributed by atoms with Gasteiger partial charge in [-0.1, -0.05) is 15.9 Å². The van der Waals surface area contributed by atoms with Crippen LogP contribution >= 0.6 is 15.9 Å². The molecule has 76 valence electrons. The fourth-order valence-corrected chi connectivity index (χ4v) is 1.56. The topological polar surface area (TPSA) is 46.5 Å². The second-order valence-electron chi connectivity index (χ2n) is 2.85. The highest BCUT2D eigenvalue weighted by Crippen LogP contribution is 2.19. The van der Waals surface area contributed by atoms with Gasteiger partial charge >= 0.3 is 5.97 Å². The number of halogens is 1. The van der Waals surface area contributed by atoms with Crippen LogP contribution in [0.3, 0.4) is 0 Å². The first-order chi connectivity index (χ1) is 6.65. The molecule has 1 aromatic carbocycles. The van der Waals surface area contributed by atoms with Crippen molar-refractivity contribution in [1.29, 1.82) is 0 Å². The van der Waals surface area contributed by atoms with E-state index in [4.69, 9.17) is 9.84 Å². The van der Waals surface area contributed by atoms with E-state index in [1.807, 2.05) is 0 Å². The highest BCUT2D eigenvalue weighted by molar-refractivity contribution is 9.10. The number of hydrogen-bond acceptors (Lipinski definition) is 2. The number of carboxylic acid groups (broad SMARTS) is 1. The van der Waals surface area contributed by atoms with E-state index >= 15 is 0 Å². The molecule has 0 amide bonds. The summed E-state index contributed by atoms with van der Waals surface area (Å²) < 4.78 is 5.85. The van der Waals surface area contributed by atoms with E-state index in [2.05, 4.69) is 15.9 Å². The Balaban J connectivity index is 2.90. The smallest absolute Gasteiger partial charge is 0.335 e. The van der Waals surface area contributed by atoms with Gasteiger partial charge in [0.1, 0.15) is 0 Å². The van der Waals surface area contributed by atoms with E-state index in [0.717, 1.165) is 10.0 Å². The third-order valence-electron chi connectivity index (χ3n) is 1.87. The Bertz CT molecular complexity index is 336. The van der Waals surface area contributed by atoms with E-state index in [0.29, 0.717) is 18.6 Å². The van der Waals surface area contributed by atoms with Gasteiger partial charge in [-0.25, -0.2) is 4.79 Å². The Morgan fingerprint density at radius 2 is 2.29 bits per heavy atom. The summed E-state index contributed by atoms with van der Waals surface area (Å²) in [6.45, 7) is 0.585. The quantitative estimate of drug-likeness (QED) is 0.902. The standard InChI is InChI=1S/C10H11BrO3/c1-14-5-4-7-6-8(10(12)13)2-3-9(7)11/h2-3,6H,4-5H2,1H3,(H,12,13). The van der Waals surface area contributed by atoms with E-state index in [1.165, 1.54) is 0 Å². The minimum absolute atomic E-state index is 0.305. The van der Waals surface area contributed by atoms with Gasteiger partial charge < -0.3 is 9.84 Å². The molecular formula is C10H11BrO3. The molecule has 0 atom stereocenters. The van der Waals surface area contributed by atoms with Gasteiger partial charge in [0.15, 0.2) is 0 Å². The van der Waals surface area contributed by atoms with E-state index in [9.17, 15) is 4.79 Å². The number of hydrogen-bond donors (Lipinski definition) is 1. The van der Waals surface area contributed by atoms with Crippen LogP contribution in [-0.4, -0.2) is 24.8 Å². The van der Waals surface area contributed by atoms with Gasteiger partial charge in [0.2, 0.25) is 0 Å². The molecule has 1 N–H and O–H groups in total. The third-order valence-corrected chi connectivity index (χ3v) is 2.64. The third kappa shape index (κ3) is 2.82. The zero-order valence-electron chi connectivity index (χ0n) is 7.79. The number of aromatic carboxylic acids is 1. The molecule has 0 aliphatic carbocycles. The first-order valence-electron chi connectivity index (χ1n) is 4.16. The average Bonchev–Trinajstić information content (AvgIpc) is 2.16. The van der Waals surface area contributed by atoms with Gasteiger partial charge in [0.05, 0.1) is 12.2 Å². The average molecular weight is 259 g/mol. The van der Waals surface area contributed by atoms with Crippen molar-refractivity contribution in [2.75, 3.05) is 13.7 Å². The lowest BCUT2D eigenvalue weighted by molar-refractivity contribution is 0.0696. The van der Waals surface area contributed by atoms with Crippen LogP contribution in [0.1, 0.15) is 15.9 Å². The van der Waals surface area contributed by atoms with Crippen molar-refractivity contribution in [2.45, 2.75) is 6.42 Å². The van der Waals surface area contributed by atoms with Crippen LogP contribution in [0.5, 0.6) is 0 Å². The summed E-state index contributed by atoms with van der Waals surface area (Å²) in [5.41, 5.74) is 1.26. The molecule has 0 aliphatic rings. The minimum Gasteiger partial charge on any atom is -0.478 e. The summed E-state index contributed by atoms with van der Waals surface area (Å²) in [5, 5.41) is 8.78. The normalized spacial score (nSPS) is 10.1. The number of carboxylic acids is 1. The molecule has 0 saturated carbocycles. The molecule has 0 bridgehead atoms. The van der Waals surface area contributed by atoms with Crippen LogP contribution in [0.25, 0.3) is 0 Å². The van der Waals surface area contributed by atoms with Gasteiger partial charge in [-0.3, -0.25) is 0 Å². The Labute approximate surface area is 90.8 Å². The second kappa shape index (κ2) is 5.12. The SMILES string of the molecule is COCCc1cc(C(=O)O)ccc1Br. The summed E-state index contributed by atoms with van der Waals surface area (Å²) in [4.78, 5) is 10.7. The number of methoxy groups -OCH3 is 1. The Kier molecular flexibility index (Phi) is 4.10. The predicted octanol–water partition coefficient (Wildman–Crippen LogP) is 2.34. The molecule has 0 aliphatic heterocycles. The molecule has 4 heteroatoms. The summed E-state index contributed by atoms with van der Waals surface area (Å²) >= 11 is 3.36. The van der Waals surface area contributed by atoms with Crippen LogP contribution in [-0.2, 0) is 11.2 Å².